The summed E-state index contributed by atoms with van der Waals surface area (Å²) in [5, 5.41) is 3.38. The van der Waals surface area contributed by atoms with Crippen molar-refractivity contribution < 1.29 is 0 Å². The number of imidazole rings is 1. The quantitative estimate of drug-likeness (QED) is 0.877. The molecule has 2 aromatic heterocycles. The van der Waals surface area contributed by atoms with Crippen LogP contribution >= 0.6 is 0 Å². The molecule has 0 unspecified atom stereocenters. The zero-order valence-corrected chi connectivity index (χ0v) is 10.9. The molecule has 0 saturated carbocycles. The molecule has 0 spiro atoms. The van der Waals surface area contributed by atoms with Gasteiger partial charge in [-0.1, -0.05) is 6.07 Å². The SMILES string of the molecule is Cc1cccn2c(CCN3CCNCC3)ncc12. The second-order valence-corrected chi connectivity index (χ2v) is 4.96. The van der Waals surface area contributed by atoms with E-state index in [-0.39, 0.29) is 0 Å². The molecule has 1 saturated heterocycles. The van der Waals surface area contributed by atoms with Gasteiger partial charge in [-0.25, -0.2) is 4.98 Å². The third-order valence-electron chi connectivity index (χ3n) is 3.72. The fourth-order valence-corrected chi connectivity index (χ4v) is 2.59. The van der Waals surface area contributed by atoms with E-state index in [1.807, 2.05) is 6.20 Å². The molecule has 0 aromatic carbocycles. The summed E-state index contributed by atoms with van der Waals surface area (Å²) in [6, 6.07) is 4.23. The molecule has 18 heavy (non-hydrogen) atoms. The predicted molar refractivity (Wildman–Crippen MR) is 72.9 cm³/mol. The standard InChI is InChI=1S/C14H20N4/c1-12-3-2-7-18-13(12)11-16-14(18)4-8-17-9-5-15-6-10-17/h2-3,7,11,15H,4-6,8-10H2,1H3. The molecule has 2 aromatic rings. The van der Waals surface area contributed by atoms with E-state index in [1.54, 1.807) is 0 Å². The molecule has 0 aliphatic carbocycles. The van der Waals surface area contributed by atoms with Crippen molar-refractivity contribution in [3.8, 4) is 0 Å². The molecule has 3 rings (SSSR count). The van der Waals surface area contributed by atoms with Gasteiger partial charge in [0.05, 0.1) is 11.7 Å². The number of fused-ring (bicyclic) bond motifs is 1. The van der Waals surface area contributed by atoms with Crippen molar-refractivity contribution >= 4 is 5.52 Å². The van der Waals surface area contributed by atoms with Gasteiger partial charge >= 0.3 is 0 Å². The number of hydrogen-bond acceptors (Lipinski definition) is 3. The maximum absolute atomic E-state index is 4.56. The lowest BCUT2D eigenvalue weighted by molar-refractivity contribution is 0.242. The topological polar surface area (TPSA) is 32.6 Å². The van der Waals surface area contributed by atoms with Crippen LogP contribution in [0.4, 0.5) is 0 Å². The Morgan fingerprint density at radius 2 is 2.17 bits per heavy atom. The van der Waals surface area contributed by atoms with Gasteiger partial charge in [0.1, 0.15) is 5.82 Å². The van der Waals surface area contributed by atoms with Crippen LogP contribution in [0.25, 0.3) is 5.52 Å². The number of aromatic nitrogens is 2. The minimum absolute atomic E-state index is 1.03. The number of nitrogens with one attached hydrogen (secondary N) is 1. The number of piperazine rings is 1. The molecule has 1 fully saturated rings. The van der Waals surface area contributed by atoms with Gasteiger partial charge in [-0.3, -0.25) is 0 Å². The van der Waals surface area contributed by atoms with Crippen LogP contribution in [0, 0.1) is 6.92 Å². The molecule has 1 aliphatic rings. The van der Waals surface area contributed by atoms with Crippen LogP contribution in [0.15, 0.2) is 24.5 Å². The Bertz CT molecular complexity index is 526. The van der Waals surface area contributed by atoms with Crippen molar-refractivity contribution in [2.75, 3.05) is 32.7 Å². The first-order chi connectivity index (χ1) is 8.84. The molecule has 3 heterocycles. The highest BCUT2D eigenvalue weighted by molar-refractivity contribution is 5.53. The Morgan fingerprint density at radius 3 is 3.00 bits per heavy atom. The summed E-state index contributed by atoms with van der Waals surface area (Å²) in [4.78, 5) is 7.07. The first-order valence-electron chi connectivity index (χ1n) is 6.69. The van der Waals surface area contributed by atoms with E-state index in [9.17, 15) is 0 Å². The fraction of sp³-hybridized carbons (Fsp3) is 0.500. The van der Waals surface area contributed by atoms with Gasteiger partial charge in [-0.05, 0) is 18.6 Å². The molecule has 96 valence electrons. The van der Waals surface area contributed by atoms with Crippen molar-refractivity contribution in [2.24, 2.45) is 0 Å². The van der Waals surface area contributed by atoms with E-state index >= 15 is 0 Å². The highest BCUT2D eigenvalue weighted by Crippen LogP contribution is 2.12. The maximum atomic E-state index is 4.56. The van der Waals surface area contributed by atoms with Crippen molar-refractivity contribution in [3.63, 3.8) is 0 Å². The van der Waals surface area contributed by atoms with Gasteiger partial charge in [0.2, 0.25) is 0 Å². The summed E-state index contributed by atoms with van der Waals surface area (Å²) in [5.74, 6) is 1.17. The largest absolute Gasteiger partial charge is 0.314 e. The van der Waals surface area contributed by atoms with Gasteiger partial charge in [0.15, 0.2) is 0 Å². The summed E-state index contributed by atoms with van der Waals surface area (Å²) in [5.41, 5.74) is 2.52. The molecule has 0 amide bonds. The normalized spacial score (nSPS) is 17.4. The van der Waals surface area contributed by atoms with E-state index in [4.69, 9.17) is 0 Å². The highest BCUT2D eigenvalue weighted by atomic mass is 15.2. The van der Waals surface area contributed by atoms with Gasteiger partial charge < -0.3 is 14.6 Å². The fourth-order valence-electron chi connectivity index (χ4n) is 2.59. The summed E-state index contributed by atoms with van der Waals surface area (Å²) in [6.07, 6.45) is 5.13. The Labute approximate surface area is 108 Å². The lowest BCUT2D eigenvalue weighted by atomic mass is 10.2. The van der Waals surface area contributed by atoms with Gasteiger partial charge in [0.25, 0.3) is 0 Å². The summed E-state index contributed by atoms with van der Waals surface area (Å²) < 4.78 is 2.22. The average molecular weight is 244 g/mol. The summed E-state index contributed by atoms with van der Waals surface area (Å²) in [7, 11) is 0. The molecule has 0 atom stereocenters. The van der Waals surface area contributed by atoms with E-state index in [0.29, 0.717) is 0 Å². The molecule has 1 aliphatic heterocycles. The molecule has 4 heteroatoms. The van der Waals surface area contributed by atoms with Crippen LogP contribution < -0.4 is 5.32 Å². The number of hydrogen-bond donors (Lipinski definition) is 1. The second kappa shape index (κ2) is 5.08. The van der Waals surface area contributed by atoms with Gasteiger partial charge in [0, 0.05) is 45.3 Å². The molecular formula is C14H20N4. The van der Waals surface area contributed by atoms with Crippen molar-refractivity contribution in [1.82, 2.24) is 19.6 Å². The lowest BCUT2D eigenvalue weighted by Gasteiger charge is -2.26. The lowest BCUT2D eigenvalue weighted by Crippen LogP contribution is -2.44. The molecule has 0 bridgehead atoms. The highest BCUT2D eigenvalue weighted by Gasteiger charge is 2.11. The smallest absolute Gasteiger partial charge is 0.114 e. The van der Waals surface area contributed by atoms with Crippen molar-refractivity contribution in [2.45, 2.75) is 13.3 Å². The van der Waals surface area contributed by atoms with Crippen molar-refractivity contribution in [3.05, 3.63) is 35.9 Å². The van der Waals surface area contributed by atoms with Crippen LogP contribution in [0.2, 0.25) is 0 Å². The maximum Gasteiger partial charge on any atom is 0.114 e. The average Bonchev–Trinajstić information content (AvgIpc) is 2.82. The van der Waals surface area contributed by atoms with E-state index in [0.717, 1.165) is 39.1 Å². The molecule has 0 radical (unpaired) electrons. The van der Waals surface area contributed by atoms with E-state index in [1.165, 1.54) is 16.9 Å². The van der Waals surface area contributed by atoms with E-state index < -0.39 is 0 Å². The third-order valence-corrected chi connectivity index (χ3v) is 3.72. The summed E-state index contributed by atoms with van der Waals surface area (Å²) in [6.45, 7) is 7.78. The van der Waals surface area contributed by atoms with Crippen molar-refractivity contribution in [1.29, 1.82) is 0 Å². The Kier molecular flexibility index (Phi) is 3.30. The Hall–Kier alpha value is -1.39. The minimum atomic E-state index is 1.03. The number of rotatable bonds is 3. The number of aryl methyl sites for hydroxylation is 1. The van der Waals surface area contributed by atoms with E-state index in [2.05, 4.69) is 44.9 Å². The molecular weight excluding hydrogens is 224 g/mol. The zero-order valence-electron chi connectivity index (χ0n) is 10.9. The van der Waals surface area contributed by atoms with Gasteiger partial charge in [-0.15, -0.1) is 0 Å². The third kappa shape index (κ3) is 2.26. The van der Waals surface area contributed by atoms with Crippen LogP contribution in [0.1, 0.15) is 11.4 Å². The first-order valence-corrected chi connectivity index (χ1v) is 6.69. The first kappa shape index (κ1) is 11.7. The van der Waals surface area contributed by atoms with Crippen LogP contribution in [-0.4, -0.2) is 47.0 Å². The van der Waals surface area contributed by atoms with Gasteiger partial charge in [-0.2, -0.15) is 0 Å². The number of pyridine rings is 1. The molecule has 1 N–H and O–H groups in total. The minimum Gasteiger partial charge on any atom is -0.314 e. The molecule has 4 nitrogen and oxygen atoms in total. The predicted octanol–water partition coefficient (Wildman–Crippen LogP) is 1.09. The van der Waals surface area contributed by atoms with Crippen LogP contribution in [0.5, 0.6) is 0 Å². The zero-order chi connectivity index (χ0) is 12.4. The summed E-state index contributed by atoms with van der Waals surface area (Å²) >= 11 is 0. The number of nitrogens with zero attached hydrogens (tertiary/aromatic N) is 3. The van der Waals surface area contributed by atoms with Crippen LogP contribution in [0.3, 0.4) is 0 Å². The van der Waals surface area contributed by atoms with Crippen LogP contribution in [-0.2, 0) is 6.42 Å². The monoisotopic (exact) mass is 244 g/mol. The Balaban J connectivity index is 1.72. The Morgan fingerprint density at radius 1 is 1.33 bits per heavy atom. The second-order valence-electron chi connectivity index (χ2n) is 4.96.